The van der Waals surface area contributed by atoms with Gasteiger partial charge in [-0.3, -0.25) is 9.09 Å². The highest BCUT2D eigenvalue weighted by molar-refractivity contribution is 4.11. The van der Waals surface area contributed by atoms with E-state index in [4.69, 9.17) is 0 Å². The summed E-state index contributed by atoms with van der Waals surface area (Å²) < 4.78 is 10.7. The third-order valence-electron chi connectivity index (χ3n) is 0.189. The van der Waals surface area contributed by atoms with E-state index in [0.717, 1.165) is 0 Å². The minimum atomic E-state index is -0.181. The maximum atomic E-state index is 10.7. The summed E-state index contributed by atoms with van der Waals surface area (Å²) in [5.74, 6) is 0. The second-order valence-electron chi connectivity index (χ2n) is 0.689. The molecule has 0 saturated carbocycles. The highest BCUT2D eigenvalue weighted by Gasteiger charge is 1.60. The van der Waals surface area contributed by atoms with Crippen LogP contribution in [0.25, 0.3) is 0 Å². The van der Waals surface area contributed by atoms with Gasteiger partial charge in [0.05, 0.1) is 6.67 Å². The molecule has 34 valence electrons. The summed E-state index contributed by atoms with van der Waals surface area (Å²) in [5, 5.41) is 0. The molecule has 0 N–H and O–H groups in total. The molecule has 0 aromatic carbocycles. The van der Waals surface area contributed by atoms with Crippen molar-refractivity contribution in [3.63, 3.8) is 0 Å². The van der Waals surface area contributed by atoms with Crippen LogP contribution in [0.4, 0.5) is 9.09 Å². The monoisotopic (exact) mass is 82.1 g/mol. The molecule has 0 heterocycles. The van der Waals surface area contributed by atoms with Crippen LogP contribution in [0.2, 0.25) is 0 Å². The van der Waals surface area contributed by atoms with Gasteiger partial charge in [-0.15, -0.1) is 0 Å². The lowest BCUT2D eigenvalue weighted by Crippen LogP contribution is -1.58. The fourth-order valence-corrected chi connectivity index (χ4v) is 0. The standard InChI is InChI=1S/C3H7F.FH/c1-2-3-4;/h2-3H2,1H3;1H. The van der Waals surface area contributed by atoms with Crippen LogP contribution < -0.4 is 0 Å². The van der Waals surface area contributed by atoms with Crippen LogP contribution in [-0.4, -0.2) is 6.67 Å². The van der Waals surface area contributed by atoms with Gasteiger partial charge in [-0.25, -0.2) is 0 Å². The molecule has 0 atom stereocenters. The van der Waals surface area contributed by atoms with Crippen LogP contribution in [0, 0.1) is 0 Å². The van der Waals surface area contributed by atoms with Crippen LogP contribution in [0.3, 0.4) is 0 Å². The van der Waals surface area contributed by atoms with E-state index in [1.165, 1.54) is 0 Å². The van der Waals surface area contributed by atoms with Crippen molar-refractivity contribution < 1.29 is 9.09 Å². The smallest absolute Gasteiger partial charge is 0.0891 e. The van der Waals surface area contributed by atoms with E-state index in [9.17, 15) is 4.39 Å². The van der Waals surface area contributed by atoms with Gasteiger partial charge in [0.15, 0.2) is 0 Å². The van der Waals surface area contributed by atoms with Crippen molar-refractivity contribution in [1.82, 2.24) is 0 Å². The molecule has 0 aliphatic heterocycles. The minimum Gasteiger partial charge on any atom is -0.269 e. The first-order chi connectivity index (χ1) is 1.91. The minimum absolute atomic E-state index is 0. The largest absolute Gasteiger partial charge is 0.269 e. The lowest BCUT2D eigenvalue weighted by molar-refractivity contribution is 0.487. The summed E-state index contributed by atoms with van der Waals surface area (Å²) in [6.07, 6.45) is 0.653. The Morgan fingerprint density at radius 3 is 1.80 bits per heavy atom. The van der Waals surface area contributed by atoms with Crippen LogP contribution in [0.1, 0.15) is 13.3 Å². The molecule has 0 unspecified atom stereocenters. The van der Waals surface area contributed by atoms with Gasteiger partial charge < -0.3 is 0 Å². The average Bonchev–Trinajstić information content (AvgIpc) is 1.37. The van der Waals surface area contributed by atoms with E-state index in [1.54, 1.807) is 6.92 Å². The maximum absolute atomic E-state index is 10.7. The Morgan fingerprint density at radius 2 is 1.80 bits per heavy atom. The van der Waals surface area contributed by atoms with E-state index in [-0.39, 0.29) is 11.4 Å². The molecular weight excluding hydrogens is 74.0 g/mol. The van der Waals surface area contributed by atoms with Crippen molar-refractivity contribution >= 4 is 0 Å². The Bertz CT molecular complexity index is 6.85. The molecule has 0 aliphatic carbocycles. The molecule has 0 fully saturated rings. The van der Waals surface area contributed by atoms with Gasteiger partial charge in [0, 0.05) is 0 Å². The first kappa shape index (κ1) is 8.85. The quantitative estimate of drug-likeness (QED) is 0.450. The van der Waals surface area contributed by atoms with Gasteiger partial charge in [-0.2, -0.15) is 0 Å². The van der Waals surface area contributed by atoms with Crippen molar-refractivity contribution in [3.8, 4) is 0 Å². The van der Waals surface area contributed by atoms with E-state index in [1.807, 2.05) is 0 Å². The molecule has 0 amide bonds. The summed E-state index contributed by atoms with van der Waals surface area (Å²) in [6, 6.07) is 0. The molecule has 0 radical (unpaired) electrons. The first-order valence-corrected chi connectivity index (χ1v) is 1.47. The molecule has 0 bridgehead atoms. The highest BCUT2D eigenvalue weighted by atomic mass is 19.1. The SMILES string of the molecule is CCCF.F. The van der Waals surface area contributed by atoms with Gasteiger partial charge in [-0.1, -0.05) is 6.92 Å². The molecule has 0 nitrogen and oxygen atoms in total. The Hall–Kier alpha value is -0.140. The van der Waals surface area contributed by atoms with Crippen molar-refractivity contribution in [3.05, 3.63) is 0 Å². The van der Waals surface area contributed by atoms with Crippen LogP contribution in [0.5, 0.6) is 0 Å². The van der Waals surface area contributed by atoms with Crippen molar-refractivity contribution in [2.45, 2.75) is 13.3 Å². The fraction of sp³-hybridized carbons (Fsp3) is 1.00. The first-order valence-electron chi connectivity index (χ1n) is 1.47. The van der Waals surface area contributed by atoms with Gasteiger partial charge >= 0.3 is 0 Å². The molecular formula is C3H8F2. The third kappa shape index (κ3) is 18.1. The number of hydrogen-bond acceptors (Lipinski definition) is 0. The molecule has 0 saturated heterocycles. The number of rotatable bonds is 1. The van der Waals surface area contributed by atoms with E-state index < -0.39 is 0 Å². The van der Waals surface area contributed by atoms with Crippen LogP contribution in [-0.2, 0) is 0 Å². The Morgan fingerprint density at radius 1 is 1.60 bits per heavy atom. The highest BCUT2D eigenvalue weighted by Crippen LogP contribution is 1.69. The Kier molecular flexibility index (Phi) is 16.2. The van der Waals surface area contributed by atoms with E-state index >= 15 is 0 Å². The zero-order valence-electron chi connectivity index (χ0n) is 3.20. The molecule has 0 rings (SSSR count). The second kappa shape index (κ2) is 9.13. The van der Waals surface area contributed by atoms with Crippen molar-refractivity contribution in [2.75, 3.05) is 6.67 Å². The summed E-state index contributed by atoms with van der Waals surface area (Å²) in [4.78, 5) is 0. The zero-order chi connectivity index (χ0) is 3.41. The lowest BCUT2D eigenvalue weighted by Gasteiger charge is -1.64. The summed E-state index contributed by atoms with van der Waals surface area (Å²) >= 11 is 0. The van der Waals surface area contributed by atoms with E-state index in [0.29, 0.717) is 6.42 Å². The molecule has 0 aromatic heterocycles. The summed E-state index contributed by atoms with van der Waals surface area (Å²) in [6.45, 7) is 1.62. The zero-order valence-corrected chi connectivity index (χ0v) is 3.20. The molecule has 0 aliphatic rings. The molecule has 2 heteroatoms. The molecule has 0 aromatic rings. The van der Waals surface area contributed by atoms with E-state index in [2.05, 4.69) is 0 Å². The van der Waals surface area contributed by atoms with Gasteiger partial charge in [0.1, 0.15) is 0 Å². The third-order valence-corrected chi connectivity index (χ3v) is 0.189. The second-order valence-corrected chi connectivity index (χ2v) is 0.689. The molecule has 5 heavy (non-hydrogen) atoms. The average molecular weight is 82.1 g/mol. The summed E-state index contributed by atoms with van der Waals surface area (Å²) in [5.41, 5.74) is 0. The maximum Gasteiger partial charge on any atom is 0.0891 e. The van der Waals surface area contributed by atoms with Gasteiger partial charge in [0.2, 0.25) is 0 Å². The van der Waals surface area contributed by atoms with Crippen molar-refractivity contribution in [2.24, 2.45) is 0 Å². The fourth-order valence-electron chi connectivity index (χ4n) is 0. The molecule has 0 spiro atoms. The van der Waals surface area contributed by atoms with Crippen LogP contribution >= 0.6 is 0 Å². The Balaban J connectivity index is 0. The summed E-state index contributed by atoms with van der Waals surface area (Å²) in [7, 11) is 0. The number of alkyl halides is 1. The Labute approximate surface area is 30.4 Å². The predicted molar refractivity (Wildman–Crippen MR) is 18.8 cm³/mol. The topological polar surface area (TPSA) is 0 Å². The van der Waals surface area contributed by atoms with Gasteiger partial charge in [-0.05, 0) is 6.42 Å². The van der Waals surface area contributed by atoms with Crippen molar-refractivity contribution in [1.29, 1.82) is 0 Å². The van der Waals surface area contributed by atoms with Crippen LogP contribution in [0.15, 0.2) is 0 Å². The lowest BCUT2D eigenvalue weighted by atomic mass is 10.6. The normalized spacial score (nSPS) is 6.00. The number of hydrogen-bond donors (Lipinski definition) is 0. The number of halogens is 2. The predicted octanol–water partition coefficient (Wildman–Crippen LogP) is 1.52. The van der Waals surface area contributed by atoms with Gasteiger partial charge in [0.25, 0.3) is 0 Å².